The Balaban J connectivity index is 1.29. The molecule has 5 rings (SSSR count). The maximum absolute atomic E-state index is 13.9. The Morgan fingerprint density at radius 1 is 1.08 bits per heavy atom. The molecule has 7 nitrogen and oxygen atoms in total. The van der Waals surface area contributed by atoms with E-state index in [-0.39, 0.29) is 30.2 Å². The fraction of sp³-hybridized carbons (Fsp3) is 0.548. The molecule has 2 fully saturated rings. The standard InChI is InChI=1S/C31H39N3O4S/c1-30(2,3)23-12-16-31(17-13-23)33-27(25-11-10-24(39-25)21-8-9-21)29(38)34(31)19-15-20-4-6-22(7-5-20)28(37)32-18-14-26(35)36/h4-7,10-11,21,23H,8-9,12-19H2,1-3H3,(H,32,37)(H,35,36). The molecule has 8 heteroatoms. The van der Waals surface area contributed by atoms with Gasteiger partial charge in [-0.2, -0.15) is 0 Å². The van der Waals surface area contributed by atoms with Crippen LogP contribution in [0.25, 0.3) is 0 Å². The van der Waals surface area contributed by atoms with E-state index in [0.29, 0.717) is 36.1 Å². The summed E-state index contributed by atoms with van der Waals surface area (Å²) in [5.41, 5.74) is 1.95. The molecule has 3 aliphatic rings. The lowest BCUT2D eigenvalue weighted by molar-refractivity contribution is -0.136. The minimum Gasteiger partial charge on any atom is -0.481 e. The van der Waals surface area contributed by atoms with Gasteiger partial charge in [-0.05, 0) is 92.0 Å². The average Bonchev–Trinajstić information content (AvgIpc) is 3.57. The van der Waals surface area contributed by atoms with E-state index >= 15 is 0 Å². The number of rotatable bonds is 9. The molecule has 0 saturated heterocycles. The van der Waals surface area contributed by atoms with Gasteiger partial charge >= 0.3 is 5.97 Å². The van der Waals surface area contributed by atoms with Crippen LogP contribution < -0.4 is 5.32 Å². The Kier molecular flexibility index (Phi) is 7.68. The summed E-state index contributed by atoms with van der Waals surface area (Å²) in [6.07, 6.45) is 6.96. The molecule has 39 heavy (non-hydrogen) atoms. The molecule has 0 radical (unpaired) electrons. The zero-order valence-electron chi connectivity index (χ0n) is 23.2. The van der Waals surface area contributed by atoms with Crippen molar-refractivity contribution in [1.29, 1.82) is 0 Å². The lowest BCUT2D eigenvalue weighted by Gasteiger charge is -2.45. The minimum atomic E-state index is -0.943. The molecule has 2 saturated carbocycles. The highest BCUT2D eigenvalue weighted by atomic mass is 32.1. The van der Waals surface area contributed by atoms with Gasteiger partial charge in [0.05, 0.1) is 11.3 Å². The van der Waals surface area contributed by atoms with E-state index in [2.05, 4.69) is 38.2 Å². The zero-order valence-corrected chi connectivity index (χ0v) is 24.0. The molecule has 1 aliphatic heterocycles. The number of thiophene rings is 1. The van der Waals surface area contributed by atoms with Crippen LogP contribution in [0.1, 0.15) is 97.3 Å². The minimum absolute atomic E-state index is 0.0443. The topological polar surface area (TPSA) is 99.1 Å². The van der Waals surface area contributed by atoms with E-state index in [1.807, 2.05) is 17.0 Å². The molecule has 2 amide bonds. The molecule has 0 bridgehead atoms. The highest BCUT2D eigenvalue weighted by molar-refractivity contribution is 7.15. The van der Waals surface area contributed by atoms with E-state index in [9.17, 15) is 14.4 Å². The molecule has 208 valence electrons. The number of carbonyl (C=O) groups excluding carboxylic acids is 2. The third kappa shape index (κ3) is 6.11. The van der Waals surface area contributed by atoms with Crippen LogP contribution in [0.5, 0.6) is 0 Å². The number of amides is 2. The van der Waals surface area contributed by atoms with Gasteiger partial charge in [0.1, 0.15) is 11.4 Å². The van der Waals surface area contributed by atoms with Gasteiger partial charge in [0.2, 0.25) is 0 Å². The van der Waals surface area contributed by atoms with Crippen molar-refractivity contribution >= 4 is 34.8 Å². The van der Waals surface area contributed by atoms with Crippen LogP contribution >= 0.6 is 11.3 Å². The molecule has 1 aromatic carbocycles. The molecule has 0 atom stereocenters. The van der Waals surface area contributed by atoms with E-state index in [1.165, 1.54) is 17.7 Å². The maximum atomic E-state index is 13.9. The predicted molar refractivity (Wildman–Crippen MR) is 153 cm³/mol. The lowest BCUT2D eigenvalue weighted by atomic mass is 9.69. The third-order valence-corrected chi connectivity index (χ3v) is 9.84. The van der Waals surface area contributed by atoms with Gasteiger partial charge in [0, 0.05) is 23.5 Å². The van der Waals surface area contributed by atoms with Crippen molar-refractivity contribution in [3.05, 3.63) is 57.3 Å². The van der Waals surface area contributed by atoms with Gasteiger partial charge < -0.3 is 15.3 Å². The molecule has 2 aromatic rings. The van der Waals surface area contributed by atoms with Crippen molar-refractivity contribution in [3.8, 4) is 0 Å². The number of carboxylic acid groups (broad SMARTS) is 1. The van der Waals surface area contributed by atoms with Crippen LogP contribution in [-0.4, -0.2) is 52.3 Å². The summed E-state index contributed by atoms with van der Waals surface area (Å²) in [5.74, 6) is 0.0999. The van der Waals surface area contributed by atoms with Crippen LogP contribution in [0.3, 0.4) is 0 Å². The largest absolute Gasteiger partial charge is 0.481 e. The molecule has 2 heterocycles. The number of hydrogen-bond donors (Lipinski definition) is 2. The first-order chi connectivity index (χ1) is 18.6. The number of aliphatic imine (C=N–C) groups is 1. The SMILES string of the molecule is CC(C)(C)C1CCC2(CC1)N=C(c1ccc(C3CC3)s1)C(=O)N2CCc1ccc(C(=O)NCCC(=O)O)cc1. The van der Waals surface area contributed by atoms with Gasteiger partial charge in [-0.3, -0.25) is 19.4 Å². The summed E-state index contributed by atoms with van der Waals surface area (Å²) >= 11 is 1.74. The van der Waals surface area contributed by atoms with Crippen LogP contribution in [0.2, 0.25) is 0 Å². The fourth-order valence-electron chi connectivity index (χ4n) is 5.95. The Hall–Kier alpha value is -3.00. The highest BCUT2D eigenvalue weighted by Crippen LogP contribution is 2.48. The number of aliphatic carboxylic acids is 1. The number of nitrogens with one attached hydrogen (secondary N) is 1. The first-order valence-corrected chi connectivity index (χ1v) is 15.0. The Morgan fingerprint density at radius 2 is 1.77 bits per heavy atom. The number of hydrogen-bond acceptors (Lipinski definition) is 5. The summed E-state index contributed by atoms with van der Waals surface area (Å²) in [7, 11) is 0. The van der Waals surface area contributed by atoms with Crippen LogP contribution in [0.15, 0.2) is 41.4 Å². The highest BCUT2D eigenvalue weighted by Gasteiger charge is 2.50. The molecule has 2 N–H and O–H groups in total. The summed E-state index contributed by atoms with van der Waals surface area (Å²) in [5, 5.41) is 11.4. The van der Waals surface area contributed by atoms with E-state index < -0.39 is 11.6 Å². The first-order valence-electron chi connectivity index (χ1n) is 14.2. The zero-order chi connectivity index (χ0) is 27.8. The van der Waals surface area contributed by atoms with E-state index in [0.717, 1.165) is 36.1 Å². The first kappa shape index (κ1) is 27.6. The van der Waals surface area contributed by atoms with E-state index in [1.54, 1.807) is 23.5 Å². The van der Waals surface area contributed by atoms with Gasteiger partial charge in [0.25, 0.3) is 11.8 Å². The van der Waals surface area contributed by atoms with Crippen molar-refractivity contribution in [3.63, 3.8) is 0 Å². The lowest BCUT2D eigenvalue weighted by Crippen LogP contribution is -2.50. The number of benzene rings is 1. The van der Waals surface area contributed by atoms with Crippen LogP contribution in [0, 0.1) is 11.3 Å². The van der Waals surface area contributed by atoms with Gasteiger partial charge in [0.15, 0.2) is 0 Å². The van der Waals surface area contributed by atoms with Gasteiger partial charge in [-0.25, -0.2) is 0 Å². The molecular weight excluding hydrogens is 510 g/mol. The van der Waals surface area contributed by atoms with Crippen LogP contribution in [-0.2, 0) is 16.0 Å². The number of carboxylic acids is 1. The van der Waals surface area contributed by atoms with Gasteiger partial charge in [-0.1, -0.05) is 32.9 Å². The quantitative estimate of drug-likeness (QED) is 0.423. The molecule has 2 aliphatic carbocycles. The number of nitrogens with zero attached hydrogens (tertiary/aromatic N) is 2. The van der Waals surface area contributed by atoms with Crippen molar-refractivity contribution < 1.29 is 19.5 Å². The van der Waals surface area contributed by atoms with Crippen molar-refractivity contribution in [2.75, 3.05) is 13.1 Å². The summed E-state index contributed by atoms with van der Waals surface area (Å²) in [6, 6.07) is 11.6. The summed E-state index contributed by atoms with van der Waals surface area (Å²) < 4.78 is 0. The summed E-state index contributed by atoms with van der Waals surface area (Å²) in [6.45, 7) is 7.60. The molecule has 0 unspecified atom stereocenters. The van der Waals surface area contributed by atoms with Crippen molar-refractivity contribution in [2.45, 2.75) is 83.7 Å². The second-order valence-corrected chi connectivity index (χ2v) is 13.5. The Morgan fingerprint density at radius 3 is 2.38 bits per heavy atom. The molecule has 1 aromatic heterocycles. The molecule has 1 spiro atoms. The smallest absolute Gasteiger partial charge is 0.305 e. The normalized spacial score (nSPS) is 23.3. The maximum Gasteiger partial charge on any atom is 0.305 e. The third-order valence-electron chi connectivity index (χ3n) is 8.59. The molecular formula is C31H39N3O4S. The monoisotopic (exact) mass is 549 g/mol. The second kappa shape index (κ2) is 10.9. The van der Waals surface area contributed by atoms with Crippen molar-refractivity contribution in [2.24, 2.45) is 16.3 Å². The predicted octanol–water partition coefficient (Wildman–Crippen LogP) is 5.64. The van der Waals surface area contributed by atoms with Crippen LogP contribution in [0.4, 0.5) is 0 Å². The Bertz CT molecular complexity index is 1260. The Labute approximate surface area is 234 Å². The van der Waals surface area contributed by atoms with Gasteiger partial charge in [-0.15, -0.1) is 11.3 Å². The second-order valence-electron chi connectivity index (χ2n) is 12.4. The average molecular weight is 550 g/mol. The number of carbonyl (C=O) groups is 3. The van der Waals surface area contributed by atoms with E-state index in [4.69, 9.17) is 10.1 Å². The summed E-state index contributed by atoms with van der Waals surface area (Å²) in [4.78, 5) is 46.5. The van der Waals surface area contributed by atoms with Crippen molar-refractivity contribution in [1.82, 2.24) is 10.2 Å². The fourth-order valence-corrected chi connectivity index (χ4v) is 7.11.